The molecule has 0 aliphatic carbocycles. The maximum absolute atomic E-state index is 12.5. The Morgan fingerprint density at radius 3 is 2.72 bits per heavy atom. The fourth-order valence-corrected chi connectivity index (χ4v) is 4.99. The van der Waals surface area contributed by atoms with Crippen molar-refractivity contribution in [3.05, 3.63) is 27.9 Å². The maximum Gasteiger partial charge on any atom is 0.307 e. The van der Waals surface area contributed by atoms with Gasteiger partial charge in [0.1, 0.15) is 6.04 Å². The van der Waals surface area contributed by atoms with Gasteiger partial charge in [-0.1, -0.05) is 11.3 Å². The number of sulfonamides is 1. The SMILES string of the molecule is CC(=O)N1CCC[C@@H]1C(=O)NS(=O)(=O)c1ccc2c(c1)sc(=O)n2C. The Balaban J connectivity index is 1.88. The number of benzene rings is 1. The number of fused-ring (bicyclic) bond motifs is 1. The van der Waals surface area contributed by atoms with Gasteiger partial charge < -0.3 is 9.47 Å². The van der Waals surface area contributed by atoms with Gasteiger partial charge in [-0.15, -0.1) is 0 Å². The van der Waals surface area contributed by atoms with Crippen LogP contribution in [0.25, 0.3) is 10.2 Å². The number of aromatic nitrogens is 1. The van der Waals surface area contributed by atoms with Crippen molar-refractivity contribution in [3.63, 3.8) is 0 Å². The maximum atomic E-state index is 12.5. The number of likely N-dealkylation sites (tertiary alicyclic amines) is 1. The fraction of sp³-hybridized carbons (Fsp3) is 0.400. The van der Waals surface area contributed by atoms with Crippen molar-refractivity contribution >= 4 is 43.4 Å². The van der Waals surface area contributed by atoms with E-state index in [1.54, 1.807) is 7.05 Å². The molecule has 0 bridgehead atoms. The van der Waals surface area contributed by atoms with E-state index in [4.69, 9.17) is 0 Å². The molecule has 2 amide bonds. The van der Waals surface area contributed by atoms with Crippen LogP contribution < -0.4 is 9.60 Å². The summed E-state index contributed by atoms with van der Waals surface area (Å²) in [5.41, 5.74) is 0.624. The van der Waals surface area contributed by atoms with Gasteiger partial charge in [-0.3, -0.25) is 14.4 Å². The van der Waals surface area contributed by atoms with E-state index in [9.17, 15) is 22.8 Å². The van der Waals surface area contributed by atoms with Crippen LogP contribution in [0.5, 0.6) is 0 Å². The first-order chi connectivity index (χ1) is 11.7. The van der Waals surface area contributed by atoms with Crippen LogP contribution in [0.4, 0.5) is 0 Å². The van der Waals surface area contributed by atoms with Crippen LogP contribution in [0.3, 0.4) is 0 Å². The number of thiazole rings is 1. The van der Waals surface area contributed by atoms with Crippen LogP contribution in [0.15, 0.2) is 27.9 Å². The molecule has 1 saturated heterocycles. The predicted molar refractivity (Wildman–Crippen MR) is 92.8 cm³/mol. The van der Waals surface area contributed by atoms with Crippen molar-refractivity contribution in [1.82, 2.24) is 14.2 Å². The summed E-state index contributed by atoms with van der Waals surface area (Å²) in [6, 6.07) is 3.48. The third-order valence-electron chi connectivity index (χ3n) is 4.27. The van der Waals surface area contributed by atoms with Crippen molar-refractivity contribution in [2.24, 2.45) is 7.05 Å². The molecule has 25 heavy (non-hydrogen) atoms. The summed E-state index contributed by atoms with van der Waals surface area (Å²) in [4.78, 5) is 36.6. The Morgan fingerprint density at radius 1 is 1.32 bits per heavy atom. The van der Waals surface area contributed by atoms with Gasteiger partial charge in [0, 0.05) is 20.5 Å². The van der Waals surface area contributed by atoms with E-state index in [0.717, 1.165) is 11.3 Å². The fourth-order valence-electron chi connectivity index (χ4n) is 2.96. The first kappa shape index (κ1) is 17.6. The largest absolute Gasteiger partial charge is 0.331 e. The lowest BCUT2D eigenvalue weighted by atomic mass is 10.2. The molecular weight excluding hydrogens is 366 g/mol. The number of rotatable bonds is 3. The zero-order valence-corrected chi connectivity index (χ0v) is 15.3. The van der Waals surface area contributed by atoms with Crippen LogP contribution in [0, 0.1) is 0 Å². The molecule has 1 atom stereocenters. The molecule has 8 nitrogen and oxygen atoms in total. The van der Waals surface area contributed by atoms with Gasteiger partial charge in [0.15, 0.2) is 0 Å². The summed E-state index contributed by atoms with van der Waals surface area (Å²) in [5, 5.41) is 0. The monoisotopic (exact) mass is 383 g/mol. The minimum Gasteiger partial charge on any atom is -0.331 e. The molecule has 2 heterocycles. The normalized spacial score (nSPS) is 17.8. The average molecular weight is 383 g/mol. The van der Waals surface area contributed by atoms with Crippen LogP contribution in [0.1, 0.15) is 19.8 Å². The van der Waals surface area contributed by atoms with Gasteiger partial charge in [0.25, 0.3) is 15.9 Å². The van der Waals surface area contributed by atoms with E-state index < -0.39 is 22.0 Å². The first-order valence-corrected chi connectivity index (χ1v) is 9.94. The number of hydrogen-bond donors (Lipinski definition) is 1. The van der Waals surface area contributed by atoms with Gasteiger partial charge in [-0.05, 0) is 31.0 Å². The second-order valence-electron chi connectivity index (χ2n) is 5.90. The molecule has 0 saturated carbocycles. The van der Waals surface area contributed by atoms with Gasteiger partial charge in [0.2, 0.25) is 5.91 Å². The smallest absolute Gasteiger partial charge is 0.307 e. The molecule has 1 fully saturated rings. The zero-order chi connectivity index (χ0) is 18.4. The number of nitrogens with zero attached hydrogens (tertiary/aromatic N) is 2. The van der Waals surface area contributed by atoms with E-state index in [1.807, 2.05) is 4.72 Å². The Labute approximate surface area is 148 Å². The topological polar surface area (TPSA) is 106 Å². The van der Waals surface area contributed by atoms with Crippen LogP contribution in [-0.4, -0.2) is 42.3 Å². The molecule has 0 spiro atoms. The van der Waals surface area contributed by atoms with E-state index in [1.165, 1.54) is 34.6 Å². The standard InChI is InChI=1S/C15H17N3O5S2/c1-9(19)18-7-3-4-12(18)14(20)16-25(22,23)10-5-6-11-13(8-10)24-15(21)17(11)2/h5-6,8,12H,3-4,7H2,1-2H3,(H,16,20)/t12-/m1/s1. The molecule has 1 N–H and O–H groups in total. The van der Waals surface area contributed by atoms with Crippen molar-refractivity contribution in [1.29, 1.82) is 0 Å². The Kier molecular flexibility index (Phi) is 4.41. The highest BCUT2D eigenvalue weighted by atomic mass is 32.2. The summed E-state index contributed by atoms with van der Waals surface area (Å²) in [5.74, 6) is -0.973. The van der Waals surface area contributed by atoms with Gasteiger partial charge in [-0.25, -0.2) is 13.1 Å². The van der Waals surface area contributed by atoms with Gasteiger partial charge in [-0.2, -0.15) is 0 Å². The molecule has 3 rings (SSSR count). The van der Waals surface area contributed by atoms with E-state index >= 15 is 0 Å². The number of hydrogen-bond acceptors (Lipinski definition) is 6. The molecule has 1 aromatic heterocycles. The summed E-state index contributed by atoms with van der Waals surface area (Å²) >= 11 is 0.935. The summed E-state index contributed by atoms with van der Waals surface area (Å²) in [6.07, 6.45) is 1.09. The summed E-state index contributed by atoms with van der Waals surface area (Å²) < 4.78 is 29.0. The van der Waals surface area contributed by atoms with Crippen molar-refractivity contribution in [3.8, 4) is 0 Å². The van der Waals surface area contributed by atoms with Crippen LogP contribution in [-0.2, 0) is 26.7 Å². The second kappa shape index (κ2) is 6.26. The molecule has 1 aliphatic rings. The minimum absolute atomic E-state index is 0.0948. The number of nitrogens with one attached hydrogen (secondary N) is 1. The second-order valence-corrected chi connectivity index (χ2v) is 8.57. The highest BCUT2D eigenvalue weighted by Crippen LogP contribution is 2.22. The molecule has 0 unspecified atom stereocenters. The lowest BCUT2D eigenvalue weighted by Gasteiger charge is -2.22. The molecular formula is C15H17N3O5S2. The third kappa shape index (κ3) is 3.19. The lowest BCUT2D eigenvalue weighted by Crippen LogP contribution is -2.46. The molecule has 0 radical (unpaired) electrons. The number of aryl methyl sites for hydroxylation is 1. The van der Waals surface area contributed by atoms with Crippen molar-refractivity contribution < 1.29 is 18.0 Å². The predicted octanol–water partition coefficient (Wildman–Crippen LogP) is 0.416. The summed E-state index contributed by atoms with van der Waals surface area (Å²) in [6.45, 7) is 1.79. The third-order valence-corrected chi connectivity index (χ3v) is 6.61. The van der Waals surface area contributed by atoms with Crippen LogP contribution in [0.2, 0.25) is 0 Å². The van der Waals surface area contributed by atoms with Crippen molar-refractivity contribution in [2.45, 2.75) is 30.7 Å². The van der Waals surface area contributed by atoms with Gasteiger partial charge in [0.05, 0.1) is 15.1 Å². The molecule has 1 aliphatic heterocycles. The highest BCUT2D eigenvalue weighted by Gasteiger charge is 2.34. The lowest BCUT2D eigenvalue weighted by molar-refractivity contribution is -0.136. The van der Waals surface area contributed by atoms with E-state index in [-0.39, 0.29) is 15.7 Å². The van der Waals surface area contributed by atoms with E-state index in [0.29, 0.717) is 29.6 Å². The number of amides is 2. The quantitative estimate of drug-likeness (QED) is 0.827. The summed E-state index contributed by atoms with van der Waals surface area (Å²) in [7, 11) is -2.48. The van der Waals surface area contributed by atoms with Gasteiger partial charge >= 0.3 is 4.87 Å². The Hall–Kier alpha value is -2.20. The zero-order valence-electron chi connectivity index (χ0n) is 13.7. The minimum atomic E-state index is -4.08. The average Bonchev–Trinajstić information content (AvgIpc) is 3.12. The highest BCUT2D eigenvalue weighted by molar-refractivity contribution is 7.90. The molecule has 134 valence electrons. The molecule has 10 heteroatoms. The number of carbonyl (C=O) groups excluding carboxylic acids is 2. The Morgan fingerprint density at radius 2 is 2.04 bits per heavy atom. The Bertz CT molecular complexity index is 1020. The van der Waals surface area contributed by atoms with Crippen molar-refractivity contribution in [2.75, 3.05) is 6.54 Å². The first-order valence-electron chi connectivity index (χ1n) is 7.64. The molecule has 2 aromatic rings. The van der Waals surface area contributed by atoms with E-state index in [2.05, 4.69) is 0 Å². The molecule has 1 aromatic carbocycles. The number of carbonyl (C=O) groups is 2. The van der Waals surface area contributed by atoms with Crippen LogP contribution >= 0.6 is 11.3 Å².